The Morgan fingerprint density at radius 1 is 1.42 bits per heavy atom. The Hall–Kier alpha value is -1.52. The van der Waals surface area contributed by atoms with Crippen LogP contribution in [0.4, 0.5) is 0 Å². The molecule has 0 aromatic heterocycles. The van der Waals surface area contributed by atoms with Crippen LogP contribution in [0.15, 0.2) is 24.3 Å². The Labute approximate surface area is 121 Å². The number of carbonyl (C=O) groups excluding carboxylic acids is 1. The van der Waals surface area contributed by atoms with Crippen molar-refractivity contribution in [1.82, 2.24) is 5.32 Å². The van der Waals surface area contributed by atoms with E-state index in [1.165, 1.54) is 12.2 Å². The van der Waals surface area contributed by atoms with Gasteiger partial charge in [0.2, 0.25) is 5.91 Å². The molecule has 0 unspecified atom stereocenters. The van der Waals surface area contributed by atoms with Gasteiger partial charge in [0.25, 0.3) is 0 Å². The maximum Gasteiger partial charge on any atom is 0.326 e. The molecule has 0 bridgehead atoms. The standard InChI is InChI=1S/C13H13Cl2NO3/c1-2-10(13(18)19)16-11(17)7-6-8-4-3-5-9(14)12(8)15/h3-7,10H,2H2,1H3,(H,16,17)(H,18,19)/b7-6+/t10-/m0/s1. The molecule has 0 aliphatic carbocycles. The van der Waals surface area contributed by atoms with Crippen LogP contribution in [0.2, 0.25) is 10.0 Å². The molecule has 0 radical (unpaired) electrons. The van der Waals surface area contributed by atoms with E-state index in [1.54, 1.807) is 25.1 Å². The normalized spacial score (nSPS) is 12.4. The highest BCUT2D eigenvalue weighted by molar-refractivity contribution is 6.42. The Kier molecular flexibility index (Phi) is 5.86. The molecule has 0 aliphatic rings. The lowest BCUT2D eigenvalue weighted by atomic mass is 10.2. The van der Waals surface area contributed by atoms with Crippen LogP contribution in [-0.2, 0) is 9.59 Å². The van der Waals surface area contributed by atoms with E-state index in [2.05, 4.69) is 5.32 Å². The lowest BCUT2D eigenvalue weighted by Crippen LogP contribution is -2.39. The number of hydrogen-bond acceptors (Lipinski definition) is 2. The number of rotatable bonds is 5. The summed E-state index contributed by atoms with van der Waals surface area (Å²) in [5, 5.41) is 11.9. The number of halogens is 2. The fourth-order valence-electron chi connectivity index (χ4n) is 1.37. The van der Waals surface area contributed by atoms with Crippen LogP contribution < -0.4 is 5.32 Å². The van der Waals surface area contributed by atoms with E-state index in [0.717, 1.165) is 0 Å². The molecule has 6 heteroatoms. The highest BCUT2D eigenvalue weighted by Crippen LogP contribution is 2.26. The summed E-state index contributed by atoms with van der Waals surface area (Å²) in [6.07, 6.45) is 3.02. The number of hydrogen-bond donors (Lipinski definition) is 2. The summed E-state index contributed by atoms with van der Waals surface area (Å²) in [7, 11) is 0. The van der Waals surface area contributed by atoms with Crippen molar-refractivity contribution in [3.8, 4) is 0 Å². The maximum atomic E-state index is 11.5. The molecule has 19 heavy (non-hydrogen) atoms. The molecule has 1 rings (SSSR count). The number of nitrogens with one attached hydrogen (secondary N) is 1. The van der Waals surface area contributed by atoms with Crippen LogP contribution in [0.3, 0.4) is 0 Å². The van der Waals surface area contributed by atoms with Gasteiger partial charge in [-0.05, 0) is 24.1 Å². The first kappa shape index (κ1) is 15.5. The van der Waals surface area contributed by atoms with Gasteiger partial charge < -0.3 is 10.4 Å². The van der Waals surface area contributed by atoms with Crippen molar-refractivity contribution >= 4 is 41.2 Å². The third kappa shape index (κ3) is 4.58. The van der Waals surface area contributed by atoms with Gasteiger partial charge in [-0.1, -0.05) is 42.3 Å². The fourth-order valence-corrected chi connectivity index (χ4v) is 1.74. The van der Waals surface area contributed by atoms with Gasteiger partial charge in [0.1, 0.15) is 6.04 Å². The topological polar surface area (TPSA) is 66.4 Å². The molecule has 1 atom stereocenters. The van der Waals surface area contributed by atoms with Gasteiger partial charge in [-0.15, -0.1) is 0 Å². The van der Waals surface area contributed by atoms with Gasteiger partial charge in [-0.3, -0.25) is 4.79 Å². The van der Waals surface area contributed by atoms with Crippen LogP contribution in [0.5, 0.6) is 0 Å². The van der Waals surface area contributed by atoms with E-state index >= 15 is 0 Å². The molecule has 0 saturated carbocycles. The molecule has 0 aliphatic heterocycles. The van der Waals surface area contributed by atoms with Gasteiger partial charge in [-0.2, -0.15) is 0 Å². The van der Waals surface area contributed by atoms with E-state index in [0.29, 0.717) is 22.0 Å². The molecular formula is C13H13Cl2NO3. The fraction of sp³-hybridized carbons (Fsp3) is 0.231. The second-order valence-corrected chi connectivity index (χ2v) is 4.57. The van der Waals surface area contributed by atoms with Crippen molar-refractivity contribution < 1.29 is 14.7 Å². The molecule has 102 valence electrons. The molecule has 0 spiro atoms. The average Bonchev–Trinajstić information content (AvgIpc) is 2.37. The molecule has 0 saturated heterocycles. The third-order valence-electron chi connectivity index (χ3n) is 2.42. The molecule has 2 N–H and O–H groups in total. The van der Waals surface area contributed by atoms with Gasteiger partial charge in [0, 0.05) is 6.08 Å². The largest absolute Gasteiger partial charge is 0.480 e. The number of aliphatic carboxylic acids is 1. The molecule has 4 nitrogen and oxygen atoms in total. The van der Waals surface area contributed by atoms with Crippen molar-refractivity contribution in [2.45, 2.75) is 19.4 Å². The zero-order valence-corrected chi connectivity index (χ0v) is 11.7. The number of amides is 1. The highest BCUT2D eigenvalue weighted by Gasteiger charge is 2.15. The lowest BCUT2D eigenvalue weighted by molar-refractivity contribution is -0.141. The first-order chi connectivity index (χ1) is 8.95. The van der Waals surface area contributed by atoms with Crippen LogP contribution in [-0.4, -0.2) is 23.0 Å². The molecular weight excluding hydrogens is 289 g/mol. The second-order valence-electron chi connectivity index (χ2n) is 3.78. The van der Waals surface area contributed by atoms with E-state index in [9.17, 15) is 9.59 Å². The monoisotopic (exact) mass is 301 g/mol. The highest BCUT2D eigenvalue weighted by atomic mass is 35.5. The van der Waals surface area contributed by atoms with E-state index in [1.807, 2.05) is 0 Å². The predicted molar refractivity (Wildman–Crippen MR) is 75.4 cm³/mol. The minimum Gasteiger partial charge on any atom is -0.480 e. The van der Waals surface area contributed by atoms with Crippen molar-refractivity contribution in [3.63, 3.8) is 0 Å². The predicted octanol–water partition coefficient (Wildman–Crippen LogP) is 2.99. The molecule has 1 amide bonds. The van der Waals surface area contributed by atoms with Crippen LogP contribution in [0.25, 0.3) is 6.08 Å². The maximum absolute atomic E-state index is 11.5. The first-order valence-electron chi connectivity index (χ1n) is 5.61. The van der Waals surface area contributed by atoms with E-state index in [4.69, 9.17) is 28.3 Å². The van der Waals surface area contributed by atoms with Gasteiger partial charge in [0.05, 0.1) is 10.0 Å². The van der Waals surface area contributed by atoms with Crippen LogP contribution in [0.1, 0.15) is 18.9 Å². The Bertz CT molecular complexity index is 515. The number of carboxylic acid groups (broad SMARTS) is 1. The summed E-state index contributed by atoms with van der Waals surface area (Å²) in [6, 6.07) is 4.15. The summed E-state index contributed by atoms with van der Waals surface area (Å²) in [4.78, 5) is 22.3. The molecule has 0 heterocycles. The Morgan fingerprint density at radius 3 is 2.68 bits per heavy atom. The second kappa shape index (κ2) is 7.16. The van der Waals surface area contributed by atoms with Crippen LogP contribution >= 0.6 is 23.2 Å². The lowest BCUT2D eigenvalue weighted by Gasteiger charge is -2.09. The molecule has 1 aromatic carbocycles. The van der Waals surface area contributed by atoms with Crippen molar-refractivity contribution in [1.29, 1.82) is 0 Å². The summed E-state index contributed by atoms with van der Waals surface area (Å²) in [5.74, 6) is -1.56. The zero-order chi connectivity index (χ0) is 14.4. The van der Waals surface area contributed by atoms with E-state index < -0.39 is 17.9 Å². The Morgan fingerprint density at radius 2 is 2.11 bits per heavy atom. The third-order valence-corrected chi connectivity index (χ3v) is 3.25. The van der Waals surface area contributed by atoms with Crippen LogP contribution in [0, 0.1) is 0 Å². The quantitative estimate of drug-likeness (QED) is 0.822. The van der Waals surface area contributed by atoms with E-state index in [-0.39, 0.29) is 0 Å². The van der Waals surface area contributed by atoms with Crippen molar-refractivity contribution in [2.24, 2.45) is 0 Å². The number of carbonyl (C=O) groups is 2. The average molecular weight is 302 g/mol. The SMILES string of the molecule is CC[C@H](NC(=O)/C=C/c1cccc(Cl)c1Cl)C(=O)O. The Balaban J connectivity index is 2.73. The zero-order valence-electron chi connectivity index (χ0n) is 10.2. The molecule has 1 aromatic rings. The minimum atomic E-state index is -1.06. The van der Waals surface area contributed by atoms with Gasteiger partial charge in [0.15, 0.2) is 0 Å². The van der Waals surface area contributed by atoms with Gasteiger partial charge in [-0.25, -0.2) is 4.79 Å². The smallest absolute Gasteiger partial charge is 0.326 e. The van der Waals surface area contributed by atoms with Crippen molar-refractivity contribution in [3.05, 3.63) is 39.9 Å². The summed E-state index contributed by atoms with van der Waals surface area (Å²) >= 11 is 11.8. The summed E-state index contributed by atoms with van der Waals surface area (Å²) in [5.41, 5.74) is 0.590. The first-order valence-corrected chi connectivity index (χ1v) is 6.36. The van der Waals surface area contributed by atoms with Gasteiger partial charge >= 0.3 is 5.97 Å². The minimum absolute atomic E-state index is 0.312. The number of carboxylic acids is 1. The summed E-state index contributed by atoms with van der Waals surface area (Å²) in [6.45, 7) is 1.68. The summed E-state index contributed by atoms with van der Waals surface area (Å²) < 4.78 is 0. The van der Waals surface area contributed by atoms with Crippen molar-refractivity contribution in [2.75, 3.05) is 0 Å². The molecule has 0 fully saturated rings. The number of benzene rings is 1.